The van der Waals surface area contributed by atoms with Crippen LogP contribution in [0.3, 0.4) is 0 Å². The lowest BCUT2D eigenvalue weighted by molar-refractivity contribution is 0.0752. The van der Waals surface area contributed by atoms with Gasteiger partial charge in [0.25, 0.3) is 5.91 Å². The molecule has 0 aliphatic rings. The van der Waals surface area contributed by atoms with Crippen molar-refractivity contribution in [3.05, 3.63) is 125 Å². The number of hydrogen-bond donors (Lipinski definition) is 0. The van der Waals surface area contributed by atoms with Gasteiger partial charge in [0.15, 0.2) is 0 Å². The van der Waals surface area contributed by atoms with Crippen LogP contribution in [0.1, 0.15) is 44.6 Å². The zero-order valence-corrected chi connectivity index (χ0v) is 18.2. The molecule has 1 atom stereocenters. The van der Waals surface area contributed by atoms with E-state index in [9.17, 15) is 4.79 Å². The minimum atomic E-state index is -0.257. The van der Waals surface area contributed by atoms with Crippen molar-refractivity contribution in [2.24, 2.45) is 0 Å². The highest BCUT2D eigenvalue weighted by molar-refractivity contribution is 5.96. The third-order valence-corrected chi connectivity index (χ3v) is 5.78. The average molecular weight is 410 g/mol. The maximum Gasteiger partial charge on any atom is 0.256 e. The van der Waals surface area contributed by atoms with Crippen molar-refractivity contribution in [1.29, 1.82) is 0 Å². The molecule has 156 valence electrons. The third kappa shape index (κ3) is 4.29. The summed E-state index contributed by atoms with van der Waals surface area (Å²) in [6.45, 7) is 4.83. The fourth-order valence-corrected chi connectivity index (χ4v) is 4.10. The summed E-state index contributed by atoms with van der Waals surface area (Å²) in [5, 5.41) is 0. The molecule has 2 aromatic carbocycles. The topological polar surface area (TPSA) is 38.1 Å². The van der Waals surface area contributed by atoms with E-state index < -0.39 is 0 Å². The second-order valence-electron chi connectivity index (χ2n) is 7.84. The molecule has 0 fully saturated rings. The van der Waals surface area contributed by atoms with E-state index in [4.69, 9.17) is 0 Å². The van der Waals surface area contributed by atoms with Gasteiger partial charge in [0.05, 0.1) is 17.3 Å². The smallest absolute Gasteiger partial charge is 0.256 e. The van der Waals surface area contributed by atoms with Crippen molar-refractivity contribution in [3.63, 3.8) is 0 Å². The van der Waals surface area contributed by atoms with Crippen LogP contribution in [0.15, 0.2) is 91.1 Å². The van der Waals surface area contributed by atoms with Crippen LogP contribution in [0.25, 0.3) is 0 Å². The molecule has 1 amide bonds. The maximum atomic E-state index is 13.7. The first kappa shape index (κ1) is 20.6. The lowest BCUT2D eigenvalue weighted by Gasteiger charge is -2.28. The molecular formula is C27H27N3O. The van der Waals surface area contributed by atoms with Gasteiger partial charge < -0.3 is 9.47 Å². The highest BCUT2D eigenvalue weighted by atomic mass is 16.2. The monoisotopic (exact) mass is 409 g/mol. The Hall–Kier alpha value is -3.66. The number of benzene rings is 2. The predicted molar refractivity (Wildman–Crippen MR) is 124 cm³/mol. The molecule has 0 saturated carbocycles. The summed E-state index contributed by atoms with van der Waals surface area (Å²) < 4.78 is 2.20. The summed E-state index contributed by atoms with van der Waals surface area (Å²) in [7, 11) is 1.86. The minimum Gasteiger partial charge on any atom is -0.344 e. The summed E-state index contributed by atoms with van der Waals surface area (Å²) in [6, 6.07) is 28.0. The Balaban J connectivity index is 1.69. The normalized spacial score (nSPS) is 11.8. The number of aromatic nitrogens is 2. The van der Waals surface area contributed by atoms with Crippen LogP contribution in [-0.2, 0) is 6.54 Å². The van der Waals surface area contributed by atoms with Crippen LogP contribution >= 0.6 is 0 Å². The lowest BCUT2D eigenvalue weighted by atomic mass is 10.0. The third-order valence-electron chi connectivity index (χ3n) is 5.78. The largest absolute Gasteiger partial charge is 0.344 e. The van der Waals surface area contributed by atoms with E-state index in [1.807, 2.05) is 86.8 Å². The fraction of sp³-hybridized carbons (Fsp3) is 0.185. The van der Waals surface area contributed by atoms with E-state index in [0.29, 0.717) is 0 Å². The molecule has 4 nitrogen and oxygen atoms in total. The lowest BCUT2D eigenvalue weighted by Crippen LogP contribution is -2.32. The van der Waals surface area contributed by atoms with E-state index in [-0.39, 0.29) is 11.9 Å². The summed E-state index contributed by atoms with van der Waals surface area (Å²) in [5.41, 5.74) is 5.89. The first-order valence-corrected chi connectivity index (χ1v) is 10.5. The molecule has 2 aromatic heterocycles. The first-order valence-electron chi connectivity index (χ1n) is 10.5. The van der Waals surface area contributed by atoms with E-state index in [0.717, 1.165) is 34.8 Å². The molecule has 0 aliphatic heterocycles. The van der Waals surface area contributed by atoms with Gasteiger partial charge in [0, 0.05) is 31.2 Å². The quantitative estimate of drug-likeness (QED) is 0.427. The summed E-state index contributed by atoms with van der Waals surface area (Å²) in [4.78, 5) is 20.0. The van der Waals surface area contributed by atoms with E-state index in [1.54, 1.807) is 11.1 Å². The van der Waals surface area contributed by atoms with E-state index in [1.165, 1.54) is 5.56 Å². The molecule has 0 radical (unpaired) electrons. The number of carbonyl (C=O) groups excluding carboxylic acids is 1. The summed E-state index contributed by atoms with van der Waals surface area (Å²) in [6.07, 6.45) is 1.77. The summed E-state index contributed by atoms with van der Waals surface area (Å²) in [5.74, 6) is -0.00748. The number of aryl methyl sites for hydroxylation is 1. The van der Waals surface area contributed by atoms with Gasteiger partial charge in [-0.05, 0) is 43.2 Å². The molecule has 31 heavy (non-hydrogen) atoms. The van der Waals surface area contributed by atoms with Crippen molar-refractivity contribution < 1.29 is 4.79 Å². The molecule has 4 heteroatoms. The van der Waals surface area contributed by atoms with Crippen molar-refractivity contribution in [2.75, 3.05) is 7.05 Å². The van der Waals surface area contributed by atoms with E-state index in [2.05, 4.69) is 28.6 Å². The number of pyridine rings is 1. The number of nitrogens with zero attached hydrogens (tertiary/aromatic N) is 3. The average Bonchev–Trinajstić information content (AvgIpc) is 3.09. The number of hydrogen-bond acceptors (Lipinski definition) is 2. The van der Waals surface area contributed by atoms with Crippen LogP contribution in [-0.4, -0.2) is 27.4 Å². The van der Waals surface area contributed by atoms with Gasteiger partial charge in [-0.1, -0.05) is 66.7 Å². The molecule has 0 spiro atoms. The van der Waals surface area contributed by atoms with Gasteiger partial charge in [-0.25, -0.2) is 0 Å². The molecule has 0 saturated heterocycles. The SMILES string of the molecule is Cc1cc(C(=O)N(C)C(c2ccccc2)c2ccccn2)c(C)n1Cc1ccccc1. The maximum absolute atomic E-state index is 13.7. The Labute approximate surface area is 183 Å². The van der Waals surface area contributed by atoms with Gasteiger partial charge in [0.2, 0.25) is 0 Å². The molecule has 0 N–H and O–H groups in total. The van der Waals surface area contributed by atoms with Gasteiger partial charge in [-0.2, -0.15) is 0 Å². The molecule has 4 rings (SSSR count). The zero-order valence-electron chi connectivity index (χ0n) is 18.2. The van der Waals surface area contributed by atoms with Crippen LogP contribution in [0.5, 0.6) is 0 Å². The second-order valence-corrected chi connectivity index (χ2v) is 7.84. The molecule has 1 unspecified atom stereocenters. The van der Waals surface area contributed by atoms with Gasteiger partial charge in [-0.15, -0.1) is 0 Å². The van der Waals surface area contributed by atoms with Crippen LogP contribution in [0.2, 0.25) is 0 Å². The Kier molecular flexibility index (Phi) is 5.99. The van der Waals surface area contributed by atoms with Crippen LogP contribution in [0.4, 0.5) is 0 Å². The van der Waals surface area contributed by atoms with Crippen LogP contribution < -0.4 is 0 Å². The second kappa shape index (κ2) is 9.00. The minimum absolute atomic E-state index is 0.00748. The van der Waals surface area contributed by atoms with Crippen molar-refractivity contribution >= 4 is 5.91 Å². The Morgan fingerprint density at radius 1 is 0.935 bits per heavy atom. The van der Waals surface area contributed by atoms with Gasteiger partial charge in [-0.3, -0.25) is 9.78 Å². The number of carbonyl (C=O) groups is 1. The highest BCUT2D eigenvalue weighted by Crippen LogP contribution is 2.29. The molecule has 0 aliphatic carbocycles. The van der Waals surface area contributed by atoms with Crippen molar-refractivity contribution in [2.45, 2.75) is 26.4 Å². The van der Waals surface area contributed by atoms with Gasteiger partial charge in [0.1, 0.15) is 0 Å². The van der Waals surface area contributed by atoms with E-state index >= 15 is 0 Å². The highest BCUT2D eigenvalue weighted by Gasteiger charge is 2.27. The predicted octanol–water partition coefficient (Wildman–Crippen LogP) is 5.41. The first-order chi connectivity index (χ1) is 15.1. The molecule has 4 aromatic rings. The fourth-order valence-electron chi connectivity index (χ4n) is 4.10. The standard InChI is InChI=1S/C27H27N3O/c1-20-18-24(21(2)30(20)19-22-12-6-4-7-13-22)27(31)29(3)26(23-14-8-5-9-15-23)25-16-10-11-17-28-25/h4-18,26H,19H2,1-3H3. The van der Waals surface area contributed by atoms with Crippen molar-refractivity contribution in [1.82, 2.24) is 14.5 Å². The summed E-state index contributed by atoms with van der Waals surface area (Å²) >= 11 is 0. The molecule has 2 heterocycles. The number of rotatable bonds is 6. The Bertz CT molecular complexity index is 1110. The number of amides is 1. The molecular weight excluding hydrogens is 382 g/mol. The van der Waals surface area contributed by atoms with Crippen molar-refractivity contribution in [3.8, 4) is 0 Å². The zero-order chi connectivity index (χ0) is 21.8. The Morgan fingerprint density at radius 3 is 2.23 bits per heavy atom. The Morgan fingerprint density at radius 2 is 1.58 bits per heavy atom. The van der Waals surface area contributed by atoms with Gasteiger partial charge >= 0.3 is 0 Å². The molecule has 0 bridgehead atoms. The van der Waals surface area contributed by atoms with Crippen LogP contribution in [0, 0.1) is 13.8 Å².